The van der Waals surface area contributed by atoms with Gasteiger partial charge in [0, 0.05) is 20.5 Å². The maximum absolute atomic E-state index is 13.1. The highest BCUT2D eigenvalue weighted by Crippen LogP contribution is 2.25. The van der Waals surface area contributed by atoms with Crippen LogP contribution >= 0.6 is 23.2 Å². The van der Waals surface area contributed by atoms with Crippen LogP contribution in [0.3, 0.4) is 0 Å². The lowest BCUT2D eigenvalue weighted by molar-refractivity contribution is -0.130. The molecule has 0 spiro atoms. The van der Waals surface area contributed by atoms with E-state index in [2.05, 4.69) is 10.6 Å². The van der Waals surface area contributed by atoms with Gasteiger partial charge in [-0.3, -0.25) is 14.9 Å². The topological polar surface area (TPSA) is 134 Å². The summed E-state index contributed by atoms with van der Waals surface area (Å²) in [7, 11) is 3.16. The fourth-order valence-electron chi connectivity index (χ4n) is 3.65. The number of halogens is 2. The number of aliphatic hydroxyl groups is 1. The van der Waals surface area contributed by atoms with E-state index < -0.39 is 42.8 Å². The van der Waals surface area contributed by atoms with Crippen molar-refractivity contribution < 1.29 is 33.8 Å². The molecule has 3 N–H and O–H groups in total. The highest BCUT2D eigenvalue weighted by atomic mass is 35.5. The number of amides is 2. The number of esters is 1. The van der Waals surface area contributed by atoms with E-state index in [-0.39, 0.29) is 46.9 Å². The van der Waals surface area contributed by atoms with E-state index in [0.29, 0.717) is 0 Å². The first-order valence-electron chi connectivity index (χ1n) is 12.7. The summed E-state index contributed by atoms with van der Waals surface area (Å²) in [4.78, 5) is 51.6. The Balaban J connectivity index is 2.08. The molecule has 0 saturated carbocycles. The number of benzene rings is 2. The molecular formula is C28H35Cl2N3O7. The average molecular weight is 597 g/mol. The molecule has 218 valence electrons. The predicted octanol–water partition coefficient (Wildman–Crippen LogP) is 3.82. The Morgan fingerprint density at radius 1 is 0.950 bits per heavy atom. The number of carbonyl (C=O) groups excluding carboxylic acids is 4. The number of ether oxygens (including phenoxy) is 2. The SMILES string of the molecule is CC(C)[C@H](NC(=O)OCc1ccccc1)C(O)NC(CCC(=O)N(C)C)C(=O)COC(=O)c1c(Cl)cccc1Cl. The van der Waals surface area contributed by atoms with Gasteiger partial charge in [-0.25, -0.2) is 9.59 Å². The predicted molar refractivity (Wildman–Crippen MR) is 151 cm³/mol. The summed E-state index contributed by atoms with van der Waals surface area (Å²) in [5.41, 5.74) is 0.713. The second-order valence-electron chi connectivity index (χ2n) is 9.61. The van der Waals surface area contributed by atoms with Gasteiger partial charge >= 0.3 is 12.1 Å². The molecule has 0 aliphatic heterocycles. The third kappa shape index (κ3) is 10.4. The van der Waals surface area contributed by atoms with E-state index in [4.69, 9.17) is 32.7 Å². The number of hydrogen-bond acceptors (Lipinski definition) is 8. The van der Waals surface area contributed by atoms with Crippen LogP contribution < -0.4 is 10.6 Å². The van der Waals surface area contributed by atoms with Crippen molar-refractivity contribution in [2.75, 3.05) is 20.7 Å². The molecule has 10 nitrogen and oxygen atoms in total. The van der Waals surface area contributed by atoms with E-state index in [1.807, 2.05) is 18.2 Å². The van der Waals surface area contributed by atoms with Crippen LogP contribution in [0.4, 0.5) is 4.79 Å². The zero-order valence-corrected chi connectivity index (χ0v) is 24.4. The van der Waals surface area contributed by atoms with E-state index in [1.165, 1.54) is 17.0 Å². The molecule has 12 heteroatoms. The van der Waals surface area contributed by atoms with Crippen molar-refractivity contribution in [1.82, 2.24) is 15.5 Å². The highest BCUT2D eigenvalue weighted by molar-refractivity contribution is 6.39. The second kappa shape index (κ2) is 16.2. The Morgan fingerprint density at radius 2 is 1.57 bits per heavy atom. The van der Waals surface area contributed by atoms with Crippen LogP contribution in [-0.4, -0.2) is 72.8 Å². The van der Waals surface area contributed by atoms with Crippen LogP contribution in [0.25, 0.3) is 0 Å². The number of nitrogens with one attached hydrogen (secondary N) is 2. The van der Waals surface area contributed by atoms with E-state index in [0.717, 1.165) is 5.56 Å². The Bertz CT molecular complexity index is 1140. The van der Waals surface area contributed by atoms with Crippen molar-refractivity contribution in [3.8, 4) is 0 Å². The number of alkyl carbamates (subject to hydrolysis) is 1. The van der Waals surface area contributed by atoms with Crippen LogP contribution in [0.15, 0.2) is 48.5 Å². The van der Waals surface area contributed by atoms with Gasteiger partial charge in [0.15, 0.2) is 12.4 Å². The van der Waals surface area contributed by atoms with Crippen molar-refractivity contribution >= 4 is 47.0 Å². The Labute approximate surface area is 243 Å². The van der Waals surface area contributed by atoms with Gasteiger partial charge in [0.2, 0.25) is 5.91 Å². The number of hydrogen-bond donors (Lipinski definition) is 3. The number of Topliss-reactive ketones (excluding diaryl/α,β-unsaturated/α-hetero) is 1. The molecule has 0 aliphatic rings. The van der Waals surface area contributed by atoms with Crippen LogP contribution in [0.2, 0.25) is 10.0 Å². The lowest BCUT2D eigenvalue weighted by atomic mass is 10.0. The largest absolute Gasteiger partial charge is 0.454 e. The minimum absolute atomic E-state index is 0.000571. The summed E-state index contributed by atoms with van der Waals surface area (Å²) in [6.45, 7) is 2.92. The highest BCUT2D eigenvalue weighted by Gasteiger charge is 2.31. The lowest BCUT2D eigenvalue weighted by Gasteiger charge is -2.30. The number of carbonyl (C=O) groups is 4. The zero-order valence-electron chi connectivity index (χ0n) is 22.9. The molecule has 3 atom stereocenters. The normalized spacial score (nSPS) is 13.2. The van der Waals surface area contributed by atoms with Gasteiger partial charge < -0.3 is 24.8 Å². The summed E-state index contributed by atoms with van der Waals surface area (Å²) in [5.74, 6) is -2.00. The number of ketones is 1. The maximum atomic E-state index is 13.1. The first-order valence-corrected chi connectivity index (χ1v) is 13.4. The standard InChI is InChI=1S/C28H35Cl2N3O7/c1-17(2)25(32-28(38)40-15-18-9-6-5-7-10-18)26(36)31-21(13-14-23(35)33(3)4)22(34)16-39-27(37)24-19(29)11-8-12-20(24)30/h5-12,17,21,25-26,31,36H,13-16H2,1-4H3,(H,32,38)/t21?,25-,26?/m0/s1. The van der Waals surface area contributed by atoms with Gasteiger partial charge in [-0.2, -0.15) is 0 Å². The van der Waals surface area contributed by atoms with Crippen LogP contribution in [0.5, 0.6) is 0 Å². The first-order chi connectivity index (χ1) is 18.9. The van der Waals surface area contributed by atoms with Gasteiger partial charge in [-0.15, -0.1) is 0 Å². The summed E-state index contributed by atoms with van der Waals surface area (Å²) < 4.78 is 10.4. The third-order valence-corrected chi connectivity index (χ3v) is 6.60. The monoisotopic (exact) mass is 595 g/mol. The fourth-order valence-corrected chi connectivity index (χ4v) is 4.20. The molecule has 2 unspecified atom stereocenters. The molecule has 0 bridgehead atoms. The molecule has 0 heterocycles. The molecule has 0 saturated heterocycles. The number of rotatable bonds is 14. The lowest BCUT2D eigenvalue weighted by Crippen LogP contribution is -2.57. The number of aliphatic hydroxyl groups excluding tert-OH is 1. The Morgan fingerprint density at radius 3 is 2.15 bits per heavy atom. The first kappa shape index (κ1) is 33.0. The van der Waals surface area contributed by atoms with E-state index >= 15 is 0 Å². The van der Waals surface area contributed by atoms with Crippen molar-refractivity contribution in [3.63, 3.8) is 0 Å². The zero-order chi connectivity index (χ0) is 29.8. The van der Waals surface area contributed by atoms with Crippen molar-refractivity contribution in [1.29, 1.82) is 0 Å². The average Bonchev–Trinajstić information content (AvgIpc) is 2.91. The molecule has 0 aliphatic carbocycles. The van der Waals surface area contributed by atoms with Crippen molar-refractivity contribution in [2.45, 2.75) is 51.6 Å². The summed E-state index contributed by atoms with van der Waals surface area (Å²) in [6.07, 6.45) is -2.17. The molecule has 40 heavy (non-hydrogen) atoms. The molecule has 2 rings (SSSR count). The van der Waals surface area contributed by atoms with Crippen molar-refractivity contribution in [3.05, 3.63) is 69.7 Å². The van der Waals surface area contributed by atoms with Crippen LogP contribution in [0.1, 0.15) is 42.6 Å². The summed E-state index contributed by atoms with van der Waals surface area (Å²) in [6, 6.07) is 11.6. The summed E-state index contributed by atoms with van der Waals surface area (Å²) in [5, 5.41) is 16.5. The third-order valence-electron chi connectivity index (χ3n) is 5.97. The quantitative estimate of drug-likeness (QED) is 0.222. The molecule has 2 aromatic carbocycles. The Hall–Kier alpha value is -3.18. The Kier molecular flexibility index (Phi) is 13.4. The smallest absolute Gasteiger partial charge is 0.407 e. The van der Waals surface area contributed by atoms with E-state index in [9.17, 15) is 24.3 Å². The molecule has 2 amide bonds. The number of nitrogens with zero attached hydrogens (tertiary/aromatic N) is 1. The van der Waals surface area contributed by atoms with Gasteiger partial charge in [-0.1, -0.05) is 73.4 Å². The molecule has 0 aromatic heterocycles. The van der Waals surface area contributed by atoms with Gasteiger partial charge in [-0.05, 0) is 30.0 Å². The minimum Gasteiger partial charge on any atom is -0.454 e. The van der Waals surface area contributed by atoms with Crippen LogP contribution in [0, 0.1) is 5.92 Å². The van der Waals surface area contributed by atoms with Crippen LogP contribution in [-0.2, 0) is 25.7 Å². The molecule has 0 fully saturated rings. The fraction of sp³-hybridized carbons (Fsp3) is 0.429. The van der Waals surface area contributed by atoms with Crippen molar-refractivity contribution in [2.24, 2.45) is 5.92 Å². The van der Waals surface area contributed by atoms with Gasteiger partial charge in [0.25, 0.3) is 0 Å². The minimum atomic E-state index is -1.40. The molecule has 2 aromatic rings. The maximum Gasteiger partial charge on any atom is 0.407 e. The molecular weight excluding hydrogens is 561 g/mol. The van der Waals surface area contributed by atoms with Gasteiger partial charge in [0.05, 0.1) is 27.7 Å². The second-order valence-corrected chi connectivity index (χ2v) is 10.4. The summed E-state index contributed by atoms with van der Waals surface area (Å²) >= 11 is 12.1. The van der Waals surface area contributed by atoms with E-state index in [1.54, 1.807) is 46.1 Å². The molecule has 0 radical (unpaired) electrons. The van der Waals surface area contributed by atoms with Gasteiger partial charge in [0.1, 0.15) is 12.8 Å².